The predicted molar refractivity (Wildman–Crippen MR) is 92.4 cm³/mol. The van der Waals surface area contributed by atoms with Crippen LogP contribution in [0.4, 0.5) is 5.13 Å². The highest BCUT2D eigenvalue weighted by atomic mass is 32.1. The maximum Gasteiger partial charge on any atom is 0.303 e. The molecule has 0 aliphatic carbocycles. The zero-order chi connectivity index (χ0) is 16.7. The van der Waals surface area contributed by atoms with Gasteiger partial charge in [-0.2, -0.15) is 0 Å². The van der Waals surface area contributed by atoms with E-state index < -0.39 is 5.97 Å². The van der Waals surface area contributed by atoms with Gasteiger partial charge in [-0.1, -0.05) is 0 Å². The molecular formula is C15H19N3O3S2. The lowest BCUT2D eigenvalue weighted by Crippen LogP contribution is -2.29. The van der Waals surface area contributed by atoms with E-state index in [-0.39, 0.29) is 12.5 Å². The Morgan fingerprint density at radius 3 is 2.87 bits per heavy atom. The maximum absolute atomic E-state index is 11.3. The summed E-state index contributed by atoms with van der Waals surface area (Å²) in [6.07, 6.45) is 2.82. The van der Waals surface area contributed by atoms with Crippen LogP contribution in [0.5, 0.6) is 0 Å². The summed E-state index contributed by atoms with van der Waals surface area (Å²) in [6.45, 7) is 1.66. The molecule has 0 aliphatic heterocycles. The monoisotopic (exact) mass is 353 g/mol. The van der Waals surface area contributed by atoms with Crippen molar-refractivity contribution in [2.24, 2.45) is 0 Å². The zero-order valence-corrected chi connectivity index (χ0v) is 14.5. The summed E-state index contributed by atoms with van der Waals surface area (Å²) < 4.78 is 4.61. The van der Waals surface area contributed by atoms with Crippen LogP contribution in [0.25, 0.3) is 10.6 Å². The van der Waals surface area contributed by atoms with E-state index in [2.05, 4.69) is 27.2 Å². The van der Waals surface area contributed by atoms with Crippen molar-refractivity contribution < 1.29 is 14.3 Å². The first-order valence-electron chi connectivity index (χ1n) is 7.25. The fraction of sp³-hybridized carbons (Fsp3) is 0.400. The minimum atomic E-state index is -0.449. The van der Waals surface area contributed by atoms with Crippen LogP contribution < -0.4 is 11.1 Å². The second-order valence-electron chi connectivity index (χ2n) is 4.92. The third-order valence-corrected chi connectivity index (χ3v) is 4.86. The molecule has 6 nitrogen and oxygen atoms in total. The van der Waals surface area contributed by atoms with Crippen LogP contribution in [-0.4, -0.2) is 30.0 Å². The molecule has 8 heteroatoms. The van der Waals surface area contributed by atoms with Crippen LogP contribution in [0.15, 0.2) is 17.5 Å². The fourth-order valence-corrected chi connectivity index (χ4v) is 3.57. The number of nitrogen functional groups attached to an aromatic ring is 1. The second kappa shape index (κ2) is 8.64. The number of nitrogens with one attached hydrogen (secondary N) is 1. The van der Waals surface area contributed by atoms with Crippen LogP contribution in [0.2, 0.25) is 0 Å². The number of anilines is 1. The summed E-state index contributed by atoms with van der Waals surface area (Å²) in [6, 6.07) is 4.17. The van der Waals surface area contributed by atoms with Crippen molar-refractivity contribution in [2.45, 2.75) is 26.2 Å². The number of nitrogens with zero attached hydrogens (tertiary/aromatic N) is 1. The Balaban J connectivity index is 1.64. The number of carbonyl (C=O) groups excluding carboxylic acids is 2. The van der Waals surface area contributed by atoms with Crippen molar-refractivity contribution in [3.63, 3.8) is 0 Å². The van der Waals surface area contributed by atoms with Crippen LogP contribution in [0.3, 0.4) is 0 Å². The number of hydrogen-bond acceptors (Lipinski definition) is 7. The highest BCUT2D eigenvalue weighted by molar-refractivity contribution is 7.16. The molecule has 3 N–H and O–H groups in total. The molecule has 2 aromatic heterocycles. The van der Waals surface area contributed by atoms with Gasteiger partial charge < -0.3 is 15.8 Å². The van der Waals surface area contributed by atoms with E-state index in [9.17, 15) is 9.59 Å². The van der Waals surface area contributed by atoms with Gasteiger partial charge in [0, 0.05) is 23.7 Å². The van der Waals surface area contributed by atoms with Gasteiger partial charge in [0.2, 0.25) is 0 Å². The summed E-state index contributed by atoms with van der Waals surface area (Å²) >= 11 is 3.16. The lowest BCUT2D eigenvalue weighted by molar-refractivity contribution is -0.146. The van der Waals surface area contributed by atoms with Crippen LogP contribution in [0, 0.1) is 0 Å². The number of thiazole rings is 1. The van der Waals surface area contributed by atoms with E-state index in [1.165, 1.54) is 23.1 Å². The lowest BCUT2D eigenvalue weighted by Gasteiger charge is -2.04. The Kier molecular flexibility index (Phi) is 6.54. The molecule has 0 saturated carbocycles. The van der Waals surface area contributed by atoms with Crippen molar-refractivity contribution in [1.82, 2.24) is 10.3 Å². The Morgan fingerprint density at radius 1 is 1.35 bits per heavy atom. The first kappa shape index (κ1) is 17.4. The predicted octanol–water partition coefficient (Wildman–Crippen LogP) is 2.46. The SMILES string of the molecule is CC(=O)OCC(=O)NCCCCc1ccc(-c2csc(N)n2)s1. The molecule has 0 bridgehead atoms. The number of carbonyl (C=O) groups is 2. The average Bonchev–Trinajstić information content (AvgIpc) is 3.13. The number of amides is 1. The summed E-state index contributed by atoms with van der Waals surface area (Å²) in [5.41, 5.74) is 6.58. The molecule has 0 aliphatic rings. The first-order valence-corrected chi connectivity index (χ1v) is 8.94. The fourth-order valence-electron chi connectivity index (χ4n) is 1.92. The smallest absolute Gasteiger partial charge is 0.303 e. The first-order chi connectivity index (χ1) is 11.0. The van der Waals surface area contributed by atoms with Gasteiger partial charge in [-0.3, -0.25) is 9.59 Å². The number of ether oxygens (including phenoxy) is 1. The topological polar surface area (TPSA) is 94.3 Å². The van der Waals surface area contributed by atoms with Gasteiger partial charge >= 0.3 is 5.97 Å². The summed E-state index contributed by atoms with van der Waals surface area (Å²) in [4.78, 5) is 28.6. The van der Waals surface area contributed by atoms with E-state index in [4.69, 9.17) is 5.73 Å². The second-order valence-corrected chi connectivity index (χ2v) is 6.98. The van der Waals surface area contributed by atoms with E-state index >= 15 is 0 Å². The molecule has 0 spiro atoms. The molecule has 0 fully saturated rings. The Labute approximate surface area is 142 Å². The third kappa shape index (κ3) is 5.99. The molecule has 23 heavy (non-hydrogen) atoms. The molecule has 1 amide bonds. The summed E-state index contributed by atoms with van der Waals surface area (Å²) in [5, 5.41) is 5.27. The van der Waals surface area contributed by atoms with Gasteiger partial charge in [0.15, 0.2) is 11.7 Å². The number of thiophene rings is 1. The third-order valence-electron chi connectivity index (χ3n) is 3.01. The molecule has 124 valence electrons. The largest absolute Gasteiger partial charge is 0.456 e. The van der Waals surface area contributed by atoms with Gasteiger partial charge in [0.05, 0.1) is 10.6 Å². The average molecular weight is 353 g/mol. The number of aryl methyl sites for hydroxylation is 1. The van der Waals surface area contributed by atoms with Crippen molar-refractivity contribution in [3.05, 3.63) is 22.4 Å². The molecule has 0 aromatic carbocycles. The quantitative estimate of drug-likeness (QED) is 0.561. The molecule has 0 atom stereocenters. The number of esters is 1. The molecule has 2 heterocycles. The number of rotatable bonds is 8. The summed E-state index contributed by atoms with van der Waals surface area (Å²) in [5.74, 6) is -0.713. The highest BCUT2D eigenvalue weighted by Gasteiger charge is 2.07. The standard InChI is InChI=1S/C15H19N3O3S2/c1-10(19)21-8-14(20)17-7-3-2-4-11-5-6-13(23-11)12-9-22-15(16)18-12/h5-6,9H,2-4,7-8H2,1H3,(H2,16,18)(H,17,20). The normalized spacial score (nSPS) is 10.5. The van der Waals surface area contributed by atoms with Gasteiger partial charge in [0.25, 0.3) is 5.91 Å². The Hall–Kier alpha value is -1.93. The number of nitrogens with two attached hydrogens (primary N) is 1. The van der Waals surface area contributed by atoms with E-state index in [1.807, 2.05) is 5.38 Å². The molecule has 0 unspecified atom stereocenters. The minimum absolute atomic E-state index is 0.208. The molecule has 2 aromatic rings. The van der Waals surface area contributed by atoms with E-state index in [0.717, 1.165) is 29.8 Å². The Bertz CT molecular complexity index is 666. The number of aromatic nitrogens is 1. The van der Waals surface area contributed by atoms with Crippen LogP contribution >= 0.6 is 22.7 Å². The van der Waals surface area contributed by atoms with Gasteiger partial charge in [-0.25, -0.2) is 4.98 Å². The van der Waals surface area contributed by atoms with Gasteiger partial charge in [0.1, 0.15) is 0 Å². The molecule has 0 radical (unpaired) electrons. The van der Waals surface area contributed by atoms with Crippen molar-refractivity contribution >= 4 is 39.7 Å². The number of hydrogen-bond donors (Lipinski definition) is 2. The highest BCUT2D eigenvalue weighted by Crippen LogP contribution is 2.30. The zero-order valence-electron chi connectivity index (χ0n) is 12.8. The maximum atomic E-state index is 11.3. The van der Waals surface area contributed by atoms with Crippen LogP contribution in [0.1, 0.15) is 24.6 Å². The number of unbranched alkanes of at least 4 members (excludes halogenated alkanes) is 1. The van der Waals surface area contributed by atoms with Gasteiger partial charge in [-0.05, 0) is 31.4 Å². The van der Waals surface area contributed by atoms with Gasteiger partial charge in [-0.15, -0.1) is 22.7 Å². The van der Waals surface area contributed by atoms with E-state index in [1.54, 1.807) is 11.3 Å². The molecular weight excluding hydrogens is 334 g/mol. The molecule has 0 saturated heterocycles. The minimum Gasteiger partial charge on any atom is -0.456 e. The lowest BCUT2D eigenvalue weighted by atomic mass is 10.2. The van der Waals surface area contributed by atoms with E-state index in [0.29, 0.717) is 11.7 Å². The van der Waals surface area contributed by atoms with Crippen molar-refractivity contribution in [3.8, 4) is 10.6 Å². The van der Waals surface area contributed by atoms with Crippen molar-refractivity contribution in [1.29, 1.82) is 0 Å². The van der Waals surface area contributed by atoms with Crippen molar-refractivity contribution in [2.75, 3.05) is 18.9 Å². The Morgan fingerprint density at radius 2 is 2.17 bits per heavy atom. The van der Waals surface area contributed by atoms with Crippen LogP contribution in [-0.2, 0) is 20.7 Å². The molecule has 2 rings (SSSR count). The summed E-state index contributed by atoms with van der Waals surface area (Å²) in [7, 11) is 0.